The first kappa shape index (κ1) is 20.6. The summed E-state index contributed by atoms with van der Waals surface area (Å²) < 4.78 is 14.4. The molecule has 0 radical (unpaired) electrons. The Morgan fingerprint density at radius 3 is 2.58 bits per heavy atom. The number of anilines is 3. The van der Waals surface area contributed by atoms with Crippen LogP contribution in [0.2, 0.25) is 0 Å². The molecule has 31 heavy (non-hydrogen) atoms. The van der Waals surface area contributed by atoms with Gasteiger partial charge in [-0.2, -0.15) is 0 Å². The van der Waals surface area contributed by atoms with Crippen molar-refractivity contribution >= 4 is 28.9 Å². The first-order chi connectivity index (χ1) is 14.9. The summed E-state index contributed by atoms with van der Waals surface area (Å²) in [4.78, 5) is 27.6. The molecule has 158 valence electrons. The third-order valence-corrected chi connectivity index (χ3v) is 5.48. The highest BCUT2D eigenvalue weighted by Gasteiger charge is 2.34. The number of carbonyl (C=O) groups excluding carboxylic acids is 2. The molecule has 3 aromatic carbocycles. The normalized spacial score (nSPS) is 15.3. The van der Waals surface area contributed by atoms with Gasteiger partial charge in [-0.1, -0.05) is 48.0 Å². The minimum absolute atomic E-state index is 0.0536. The zero-order valence-corrected chi connectivity index (χ0v) is 17.5. The van der Waals surface area contributed by atoms with Crippen LogP contribution in [0.1, 0.15) is 23.1 Å². The summed E-state index contributed by atoms with van der Waals surface area (Å²) in [5.74, 6) is -0.903. The van der Waals surface area contributed by atoms with Crippen LogP contribution in [-0.4, -0.2) is 17.9 Å². The lowest BCUT2D eigenvalue weighted by molar-refractivity contribution is -0.122. The van der Waals surface area contributed by atoms with Crippen LogP contribution < -0.4 is 15.5 Å². The van der Waals surface area contributed by atoms with Crippen molar-refractivity contribution in [3.63, 3.8) is 0 Å². The number of fused-ring (bicyclic) bond motifs is 1. The van der Waals surface area contributed by atoms with E-state index in [4.69, 9.17) is 0 Å². The average molecular weight is 417 g/mol. The third-order valence-electron chi connectivity index (χ3n) is 5.48. The second kappa shape index (κ2) is 8.60. The van der Waals surface area contributed by atoms with Crippen molar-refractivity contribution in [3.8, 4) is 0 Å². The minimum atomic E-state index is -0.764. The summed E-state index contributed by atoms with van der Waals surface area (Å²) in [6.45, 7) is 4.10. The zero-order chi connectivity index (χ0) is 22.0. The first-order valence-electron chi connectivity index (χ1n) is 10.2. The van der Waals surface area contributed by atoms with Gasteiger partial charge in [-0.3, -0.25) is 9.59 Å². The first-order valence-corrected chi connectivity index (χ1v) is 10.2. The summed E-state index contributed by atoms with van der Waals surface area (Å²) in [6.07, 6.45) is -0.0536. The van der Waals surface area contributed by atoms with Crippen LogP contribution in [-0.2, 0) is 16.1 Å². The third kappa shape index (κ3) is 4.43. The Morgan fingerprint density at radius 2 is 1.81 bits per heavy atom. The molecule has 1 atom stereocenters. The second-order valence-electron chi connectivity index (χ2n) is 7.81. The van der Waals surface area contributed by atoms with Crippen LogP contribution in [0, 0.1) is 19.7 Å². The molecule has 1 aliphatic heterocycles. The second-order valence-corrected chi connectivity index (χ2v) is 7.81. The van der Waals surface area contributed by atoms with Crippen LogP contribution in [0.15, 0.2) is 66.7 Å². The Morgan fingerprint density at radius 1 is 1.06 bits per heavy atom. The van der Waals surface area contributed by atoms with E-state index in [1.54, 1.807) is 29.2 Å². The smallest absolute Gasteiger partial charge is 0.247 e. The van der Waals surface area contributed by atoms with E-state index in [0.29, 0.717) is 16.9 Å². The molecule has 2 N–H and O–H groups in total. The Balaban J connectivity index is 1.61. The van der Waals surface area contributed by atoms with Crippen LogP contribution in [0.3, 0.4) is 0 Å². The summed E-state index contributed by atoms with van der Waals surface area (Å²) >= 11 is 0. The molecule has 1 heterocycles. The number of amides is 2. The van der Waals surface area contributed by atoms with Crippen molar-refractivity contribution in [1.82, 2.24) is 0 Å². The van der Waals surface area contributed by atoms with Crippen LogP contribution >= 0.6 is 0 Å². The molecular formula is C25H24FN3O2. The van der Waals surface area contributed by atoms with Gasteiger partial charge < -0.3 is 15.5 Å². The number of hydrogen-bond donors (Lipinski definition) is 2. The number of para-hydroxylation sites is 2. The molecule has 3 aromatic rings. The molecular weight excluding hydrogens is 393 g/mol. The van der Waals surface area contributed by atoms with Crippen molar-refractivity contribution in [2.75, 3.05) is 15.5 Å². The lowest BCUT2D eigenvalue weighted by atomic mass is 10.0. The van der Waals surface area contributed by atoms with Crippen molar-refractivity contribution in [3.05, 3.63) is 89.2 Å². The van der Waals surface area contributed by atoms with E-state index >= 15 is 0 Å². The van der Waals surface area contributed by atoms with Crippen molar-refractivity contribution in [2.24, 2.45) is 0 Å². The predicted octanol–water partition coefficient (Wildman–Crippen LogP) is 4.80. The van der Waals surface area contributed by atoms with Gasteiger partial charge >= 0.3 is 0 Å². The Kier molecular flexibility index (Phi) is 5.71. The zero-order valence-electron chi connectivity index (χ0n) is 17.5. The van der Waals surface area contributed by atoms with Gasteiger partial charge in [0.15, 0.2) is 0 Å². The van der Waals surface area contributed by atoms with Crippen LogP contribution in [0.4, 0.5) is 21.5 Å². The van der Waals surface area contributed by atoms with Crippen LogP contribution in [0.5, 0.6) is 0 Å². The lowest BCUT2D eigenvalue weighted by Crippen LogP contribution is -2.49. The molecule has 0 aliphatic carbocycles. The van der Waals surface area contributed by atoms with Crippen LogP contribution in [0.25, 0.3) is 0 Å². The molecule has 0 fully saturated rings. The number of nitrogens with one attached hydrogen (secondary N) is 2. The number of aryl methyl sites for hydroxylation is 2. The monoisotopic (exact) mass is 417 g/mol. The molecule has 0 saturated carbocycles. The molecule has 0 spiro atoms. The number of hydrogen-bond acceptors (Lipinski definition) is 3. The fourth-order valence-electron chi connectivity index (χ4n) is 3.89. The lowest BCUT2D eigenvalue weighted by Gasteiger charge is -2.38. The molecule has 0 aromatic heterocycles. The number of carbonyl (C=O) groups is 2. The fourth-order valence-corrected chi connectivity index (χ4v) is 3.89. The number of nitrogens with zero attached hydrogens (tertiary/aromatic N) is 1. The molecule has 6 heteroatoms. The molecule has 5 nitrogen and oxygen atoms in total. The molecule has 1 aliphatic rings. The van der Waals surface area contributed by atoms with E-state index < -0.39 is 6.04 Å². The van der Waals surface area contributed by atoms with Gasteiger partial charge in [-0.05, 0) is 43.7 Å². The number of benzene rings is 3. The van der Waals surface area contributed by atoms with Crippen molar-refractivity contribution in [1.29, 1.82) is 0 Å². The van der Waals surface area contributed by atoms with Gasteiger partial charge in [0.1, 0.15) is 11.9 Å². The highest BCUT2D eigenvalue weighted by Crippen LogP contribution is 2.34. The van der Waals surface area contributed by atoms with E-state index in [1.807, 2.05) is 50.2 Å². The SMILES string of the molecule is Cc1ccc(NC(=O)CC2C(=O)Nc3ccccc3N2Cc2ccccc2F)c(C)c1. The van der Waals surface area contributed by atoms with Gasteiger partial charge in [-0.15, -0.1) is 0 Å². The van der Waals surface area contributed by atoms with Crippen molar-refractivity contribution < 1.29 is 14.0 Å². The highest BCUT2D eigenvalue weighted by molar-refractivity contribution is 6.06. The maximum atomic E-state index is 14.4. The van der Waals surface area contributed by atoms with E-state index in [1.165, 1.54) is 6.07 Å². The molecule has 4 rings (SSSR count). The largest absolute Gasteiger partial charge is 0.353 e. The molecule has 0 bridgehead atoms. The van der Waals surface area contributed by atoms with Gasteiger partial charge in [0.25, 0.3) is 0 Å². The molecule has 0 saturated heterocycles. The maximum absolute atomic E-state index is 14.4. The number of rotatable bonds is 5. The summed E-state index contributed by atoms with van der Waals surface area (Å²) in [6, 6.07) is 18.8. The van der Waals surface area contributed by atoms with Gasteiger partial charge in [0, 0.05) is 17.8 Å². The average Bonchev–Trinajstić information content (AvgIpc) is 2.74. The number of halogens is 1. The Labute approximate surface area is 180 Å². The highest BCUT2D eigenvalue weighted by atomic mass is 19.1. The predicted molar refractivity (Wildman–Crippen MR) is 121 cm³/mol. The Bertz CT molecular complexity index is 1150. The Hall–Kier alpha value is -3.67. The van der Waals surface area contributed by atoms with Gasteiger partial charge in [-0.25, -0.2) is 4.39 Å². The summed E-state index contributed by atoms with van der Waals surface area (Å²) in [5, 5.41) is 5.78. The van der Waals surface area contributed by atoms with Crippen molar-refractivity contribution in [2.45, 2.75) is 32.9 Å². The van der Waals surface area contributed by atoms with E-state index in [-0.39, 0.29) is 30.6 Å². The fraction of sp³-hybridized carbons (Fsp3) is 0.200. The van der Waals surface area contributed by atoms with Gasteiger partial charge in [0.05, 0.1) is 17.8 Å². The maximum Gasteiger partial charge on any atom is 0.247 e. The van der Waals surface area contributed by atoms with E-state index in [2.05, 4.69) is 10.6 Å². The molecule has 2 amide bonds. The topological polar surface area (TPSA) is 61.4 Å². The minimum Gasteiger partial charge on any atom is -0.353 e. The van der Waals surface area contributed by atoms with Gasteiger partial charge in [0.2, 0.25) is 11.8 Å². The summed E-state index contributed by atoms with van der Waals surface area (Å²) in [7, 11) is 0. The quantitative estimate of drug-likeness (QED) is 0.627. The molecule has 1 unspecified atom stereocenters. The van der Waals surface area contributed by atoms with E-state index in [0.717, 1.165) is 16.8 Å². The van der Waals surface area contributed by atoms with E-state index in [9.17, 15) is 14.0 Å². The standard InChI is InChI=1S/C25H24FN3O2/c1-16-11-12-20(17(2)13-16)27-24(30)14-23-25(31)28-21-9-5-6-10-22(21)29(23)15-18-7-3-4-8-19(18)26/h3-13,23H,14-15H2,1-2H3,(H,27,30)(H,28,31). The summed E-state index contributed by atoms with van der Waals surface area (Å²) in [5.41, 5.74) is 4.65.